The molecule has 0 aliphatic carbocycles. The van der Waals surface area contributed by atoms with Gasteiger partial charge >= 0.3 is 0 Å². The lowest BCUT2D eigenvalue weighted by atomic mass is 10.1. The third-order valence-electron chi connectivity index (χ3n) is 2.80. The Bertz CT molecular complexity index is 511. The van der Waals surface area contributed by atoms with Crippen molar-refractivity contribution in [2.24, 2.45) is 0 Å². The zero-order valence-electron chi connectivity index (χ0n) is 10.6. The maximum absolute atomic E-state index is 5.94. The lowest BCUT2D eigenvalue weighted by Crippen LogP contribution is -2.09. The highest BCUT2D eigenvalue weighted by Gasteiger charge is 2.08. The van der Waals surface area contributed by atoms with Crippen LogP contribution in [-0.2, 0) is 0 Å². The van der Waals surface area contributed by atoms with E-state index in [1.165, 1.54) is 0 Å². The lowest BCUT2D eigenvalue weighted by molar-refractivity contribution is 0.413. The molecule has 0 fully saturated rings. The number of aromatic nitrogens is 1. The van der Waals surface area contributed by atoms with Crippen molar-refractivity contribution >= 4 is 11.5 Å². The second-order valence-electron chi connectivity index (χ2n) is 4.08. The SMILES string of the molecule is COc1ccc(NC(C)c2ccccc2N)nc1. The van der Waals surface area contributed by atoms with Crippen molar-refractivity contribution in [1.82, 2.24) is 4.98 Å². The van der Waals surface area contributed by atoms with Crippen LogP contribution in [0.4, 0.5) is 11.5 Å². The van der Waals surface area contributed by atoms with Crippen molar-refractivity contribution < 1.29 is 4.74 Å². The van der Waals surface area contributed by atoms with Gasteiger partial charge in [0.1, 0.15) is 11.6 Å². The fourth-order valence-electron chi connectivity index (χ4n) is 1.79. The smallest absolute Gasteiger partial charge is 0.137 e. The molecule has 1 aromatic heterocycles. The van der Waals surface area contributed by atoms with Crippen LogP contribution in [0.5, 0.6) is 5.75 Å². The van der Waals surface area contributed by atoms with E-state index in [2.05, 4.69) is 17.2 Å². The predicted octanol–water partition coefficient (Wildman–Crippen LogP) is 2.85. The van der Waals surface area contributed by atoms with Gasteiger partial charge in [-0.05, 0) is 30.7 Å². The Hall–Kier alpha value is -2.23. The summed E-state index contributed by atoms with van der Waals surface area (Å²) in [5.74, 6) is 1.54. The Kier molecular flexibility index (Phi) is 3.67. The van der Waals surface area contributed by atoms with Crippen molar-refractivity contribution in [3.63, 3.8) is 0 Å². The molecule has 3 N–H and O–H groups in total. The van der Waals surface area contributed by atoms with E-state index >= 15 is 0 Å². The van der Waals surface area contributed by atoms with Gasteiger partial charge in [-0.25, -0.2) is 4.98 Å². The molecule has 1 unspecified atom stereocenters. The molecule has 4 heteroatoms. The van der Waals surface area contributed by atoms with Crippen molar-refractivity contribution in [3.8, 4) is 5.75 Å². The normalized spacial score (nSPS) is 11.9. The Balaban J connectivity index is 2.11. The number of benzene rings is 1. The van der Waals surface area contributed by atoms with Crippen molar-refractivity contribution in [1.29, 1.82) is 0 Å². The van der Waals surface area contributed by atoms with Gasteiger partial charge in [0.05, 0.1) is 19.3 Å². The van der Waals surface area contributed by atoms with Crippen molar-refractivity contribution in [2.75, 3.05) is 18.2 Å². The topological polar surface area (TPSA) is 60.2 Å². The van der Waals surface area contributed by atoms with Crippen LogP contribution in [0.3, 0.4) is 0 Å². The molecule has 2 rings (SSSR count). The summed E-state index contributed by atoms with van der Waals surface area (Å²) in [7, 11) is 1.62. The van der Waals surface area contributed by atoms with Gasteiger partial charge in [0.15, 0.2) is 0 Å². The third kappa shape index (κ3) is 2.71. The minimum Gasteiger partial charge on any atom is -0.495 e. The van der Waals surface area contributed by atoms with E-state index in [1.807, 2.05) is 36.4 Å². The van der Waals surface area contributed by atoms with Crippen LogP contribution < -0.4 is 15.8 Å². The van der Waals surface area contributed by atoms with E-state index in [0.29, 0.717) is 0 Å². The molecule has 0 amide bonds. The van der Waals surface area contributed by atoms with Crippen LogP contribution in [0.25, 0.3) is 0 Å². The molecule has 18 heavy (non-hydrogen) atoms. The van der Waals surface area contributed by atoms with Gasteiger partial charge in [0.25, 0.3) is 0 Å². The monoisotopic (exact) mass is 243 g/mol. The molecule has 0 saturated heterocycles. The van der Waals surface area contributed by atoms with Gasteiger partial charge < -0.3 is 15.8 Å². The quantitative estimate of drug-likeness (QED) is 0.811. The van der Waals surface area contributed by atoms with E-state index in [4.69, 9.17) is 10.5 Å². The van der Waals surface area contributed by atoms with Gasteiger partial charge in [-0.3, -0.25) is 0 Å². The minimum atomic E-state index is 0.104. The maximum atomic E-state index is 5.94. The number of hydrogen-bond donors (Lipinski definition) is 2. The van der Waals surface area contributed by atoms with Gasteiger partial charge in [-0.15, -0.1) is 0 Å². The lowest BCUT2D eigenvalue weighted by Gasteiger charge is -2.16. The number of pyridine rings is 1. The van der Waals surface area contributed by atoms with E-state index < -0.39 is 0 Å². The highest BCUT2D eigenvalue weighted by atomic mass is 16.5. The summed E-state index contributed by atoms with van der Waals surface area (Å²) in [5.41, 5.74) is 7.79. The van der Waals surface area contributed by atoms with Crippen LogP contribution in [-0.4, -0.2) is 12.1 Å². The molecule has 1 heterocycles. The number of nitrogens with one attached hydrogen (secondary N) is 1. The van der Waals surface area contributed by atoms with Gasteiger partial charge in [-0.1, -0.05) is 18.2 Å². The number of hydrogen-bond acceptors (Lipinski definition) is 4. The third-order valence-corrected chi connectivity index (χ3v) is 2.80. The first-order chi connectivity index (χ1) is 8.70. The number of nitrogen functional groups attached to an aromatic ring is 1. The molecule has 4 nitrogen and oxygen atoms in total. The highest BCUT2D eigenvalue weighted by Crippen LogP contribution is 2.23. The Morgan fingerprint density at radius 3 is 2.61 bits per heavy atom. The number of nitrogens with two attached hydrogens (primary N) is 1. The van der Waals surface area contributed by atoms with E-state index in [1.54, 1.807) is 13.3 Å². The summed E-state index contributed by atoms with van der Waals surface area (Å²) < 4.78 is 5.07. The molecule has 0 saturated carbocycles. The Morgan fingerprint density at radius 2 is 2.00 bits per heavy atom. The van der Waals surface area contributed by atoms with Gasteiger partial charge in [0.2, 0.25) is 0 Å². The largest absolute Gasteiger partial charge is 0.495 e. The number of methoxy groups -OCH3 is 1. The second kappa shape index (κ2) is 5.40. The summed E-state index contributed by atoms with van der Waals surface area (Å²) in [4.78, 5) is 4.27. The van der Waals surface area contributed by atoms with E-state index in [0.717, 1.165) is 22.8 Å². The van der Waals surface area contributed by atoms with Crippen LogP contribution in [0, 0.1) is 0 Å². The highest BCUT2D eigenvalue weighted by molar-refractivity contribution is 5.51. The minimum absolute atomic E-state index is 0.104. The Labute approximate surface area is 107 Å². The van der Waals surface area contributed by atoms with E-state index in [9.17, 15) is 0 Å². The van der Waals surface area contributed by atoms with Crippen LogP contribution in [0.15, 0.2) is 42.6 Å². The molecule has 1 atom stereocenters. The number of rotatable bonds is 4. The van der Waals surface area contributed by atoms with Gasteiger partial charge in [-0.2, -0.15) is 0 Å². The first-order valence-corrected chi connectivity index (χ1v) is 5.81. The maximum Gasteiger partial charge on any atom is 0.137 e. The zero-order valence-corrected chi connectivity index (χ0v) is 10.6. The second-order valence-corrected chi connectivity index (χ2v) is 4.08. The van der Waals surface area contributed by atoms with E-state index in [-0.39, 0.29) is 6.04 Å². The number of anilines is 2. The van der Waals surface area contributed by atoms with Gasteiger partial charge in [0, 0.05) is 5.69 Å². The fraction of sp³-hybridized carbons (Fsp3) is 0.214. The molecule has 94 valence electrons. The average Bonchev–Trinajstić information content (AvgIpc) is 2.40. The van der Waals surface area contributed by atoms with Crippen LogP contribution in [0.1, 0.15) is 18.5 Å². The summed E-state index contributed by atoms with van der Waals surface area (Å²) in [6.07, 6.45) is 1.68. The number of nitrogens with zero attached hydrogens (tertiary/aromatic N) is 1. The van der Waals surface area contributed by atoms with Crippen LogP contribution >= 0.6 is 0 Å². The molecule has 0 aliphatic heterocycles. The summed E-state index contributed by atoms with van der Waals surface area (Å²) in [5, 5.41) is 3.30. The summed E-state index contributed by atoms with van der Waals surface area (Å²) in [6, 6.07) is 11.7. The molecule has 0 spiro atoms. The molecule has 0 bridgehead atoms. The zero-order chi connectivity index (χ0) is 13.0. The van der Waals surface area contributed by atoms with Crippen molar-refractivity contribution in [3.05, 3.63) is 48.2 Å². The predicted molar refractivity (Wildman–Crippen MR) is 73.7 cm³/mol. The average molecular weight is 243 g/mol. The van der Waals surface area contributed by atoms with Crippen molar-refractivity contribution in [2.45, 2.75) is 13.0 Å². The first-order valence-electron chi connectivity index (χ1n) is 5.81. The Morgan fingerprint density at radius 1 is 1.22 bits per heavy atom. The fourth-order valence-corrected chi connectivity index (χ4v) is 1.79. The molecule has 1 aromatic carbocycles. The van der Waals surface area contributed by atoms with Crippen LogP contribution in [0.2, 0.25) is 0 Å². The molecule has 0 radical (unpaired) electrons. The number of para-hydroxylation sites is 1. The molecule has 0 aliphatic rings. The summed E-state index contributed by atoms with van der Waals surface area (Å²) in [6.45, 7) is 2.05. The summed E-state index contributed by atoms with van der Waals surface area (Å²) >= 11 is 0. The first kappa shape index (κ1) is 12.2. The number of ether oxygens (including phenoxy) is 1. The molecule has 2 aromatic rings. The standard InChI is InChI=1S/C14H17N3O/c1-10(12-5-3-4-6-13(12)15)17-14-8-7-11(18-2)9-16-14/h3-10H,15H2,1-2H3,(H,16,17). The molecular formula is C14H17N3O. The molecular weight excluding hydrogens is 226 g/mol.